The second kappa shape index (κ2) is 5.26. The highest BCUT2D eigenvalue weighted by atomic mass is 19.4. The molecule has 0 N–H and O–H groups in total. The molecule has 20 heavy (non-hydrogen) atoms. The highest BCUT2D eigenvalue weighted by molar-refractivity contribution is 5.78. The molecule has 2 unspecified atom stereocenters. The smallest absolute Gasteiger partial charge is 0.404 e. The molecule has 1 heterocycles. The Bertz CT molecular complexity index is 403. The van der Waals surface area contributed by atoms with Crippen LogP contribution in [0, 0.1) is 11.3 Å². The number of alkyl halides is 3. The molecule has 0 bridgehead atoms. The average molecular weight is 296 g/mol. The molecule has 4 nitrogen and oxygen atoms in total. The highest BCUT2D eigenvalue weighted by Gasteiger charge is 2.58. The van der Waals surface area contributed by atoms with E-state index in [1.54, 1.807) is 0 Å². The third kappa shape index (κ3) is 3.07. The van der Waals surface area contributed by atoms with Crippen LogP contribution in [0.15, 0.2) is 0 Å². The van der Waals surface area contributed by atoms with Gasteiger partial charge in [-0.05, 0) is 27.2 Å². The zero-order valence-corrected chi connectivity index (χ0v) is 12.0. The minimum absolute atomic E-state index is 0.0368. The normalized spacial score (nSPS) is 23.1. The molecular weight excluding hydrogens is 277 g/mol. The van der Waals surface area contributed by atoms with Gasteiger partial charge in [0.25, 0.3) is 0 Å². The molecule has 1 rings (SSSR count). The van der Waals surface area contributed by atoms with E-state index in [0.29, 0.717) is 0 Å². The van der Waals surface area contributed by atoms with Gasteiger partial charge in [-0.1, -0.05) is 6.92 Å². The summed E-state index contributed by atoms with van der Waals surface area (Å²) in [5.41, 5.74) is -3.74. The Balaban J connectivity index is 2.86. The first-order valence-corrected chi connectivity index (χ1v) is 6.40. The fraction of sp³-hybridized carbons (Fsp3) is 0.846. The number of hydrogen-bond acceptors (Lipinski definition) is 4. The Morgan fingerprint density at radius 3 is 2.25 bits per heavy atom. The number of carbonyl (C=O) groups excluding carboxylic acids is 2. The summed E-state index contributed by atoms with van der Waals surface area (Å²) in [7, 11) is 0. The maximum atomic E-state index is 13.0. The number of hydrogen-bond donors (Lipinski definition) is 0. The van der Waals surface area contributed by atoms with Gasteiger partial charge in [0.15, 0.2) is 5.41 Å². The lowest BCUT2D eigenvalue weighted by Crippen LogP contribution is -2.48. The minimum atomic E-state index is -4.68. The number of esters is 2. The molecule has 1 aliphatic heterocycles. The predicted molar refractivity (Wildman–Crippen MR) is 63.7 cm³/mol. The molecule has 0 radical (unpaired) electrons. The number of halogens is 3. The van der Waals surface area contributed by atoms with Gasteiger partial charge in [0, 0.05) is 5.92 Å². The number of cyclic esters (lactones) is 1. The molecule has 1 saturated heterocycles. The van der Waals surface area contributed by atoms with Gasteiger partial charge < -0.3 is 9.47 Å². The van der Waals surface area contributed by atoms with Crippen LogP contribution in [0.1, 0.15) is 40.5 Å². The highest BCUT2D eigenvalue weighted by Crippen LogP contribution is 2.43. The predicted octanol–water partition coefficient (Wildman–Crippen LogP) is 2.85. The lowest BCUT2D eigenvalue weighted by molar-refractivity contribution is -0.238. The van der Waals surface area contributed by atoms with Crippen molar-refractivity contribution in [2.45, 2.75) is 52.3 Å². The van der Waals surface area contributed by atoms with Gasteiger partial charge in [-0.25, -0.2) is 0 Å². The van der Waals surface area contributed by atoms with Crippen molar-refractivity contribution in [2.24, 2.45) is 11.3 Å². The molecular formula is C13H19F3O4. The summed E-state index contributed by atoms with van der Waals surface area (Å²) in [6.45, 7) is 5.13. The molecule has 0 aromatic rings. The van der Waals surface area contributed by atoms with Crippen LogP contribution in [0.5, 0.6) is 0 Å². The Kier molecular flexibility index (Phi) is 4.41. The molecule has 0 aliphatic carbocycles. The van der Waals surface area contributed by atoms with Gasteiger partial charge >= 0.3 is 18.1 Å². The maximum Gasteiger partial charge on any atom is 0.404 e. The fourth-order valence-electron chi connectivity index (χ4n) is 1.85. The van der Waals surface area contributed by atoms with Gasteiger partial charge in [0.05, 0.1) is 13.0 Å². The van der Waals surface area contributed by atoms with E-state index in [2.05, 4.69) is 0 Å². The zero-order valence-electron chi connectivity index (χ0n) is 12.0. The molecule has 0 amide bonds. The molecule has 116 valence electrons. The third-order valence-electron chi connectivity index (χ3n) is 3.98. The summed E-state index contributed by atoms with van der Waals surface area (Å²) in [6.07, 6.45) is -5.06. The van der Waals surface area contributed by atoms with Crippen LogP contribution < -0.4 is 0 Å². The molecule has 7 heteroatoms. The molecule has 1 fully saturated rings. The van der Waals surface area contributed by atoms with Crippen molar-refractivity contribution in [3.8, 4) is 0 Å². The SMILES string of the molecule is CCC(C)(C(=O)OC(C)(C)C1COC(=O)C1)C(F)(F)F. The van der Waals surface area contributed by atoms with E-state index in [0.717, 1.165) is 6.92 Å². The van der Waals surface area contributed by atoms with Crippen molar-refractivity contribution in [3.63, 3.8) is 0 Å². The van der Waals surface area contributed by atoms with Crippen LogP contribution in [0.2, 0.25) is 0 Å². The quantitative estimate of drug-likeness (QED) is 0.749. The second-order valence-electron chi connectivity index (χ2n) is 5.76. The molecule has 0 saturated carbocycles. The lowest BCUT2D eigenvalue weighted by atomic mass is 9.85. The first-order valence-electron chi connectivity index (χ1n) is 6.40. The summed E-state index contributed by atoms with van der Waals surface area (Å²) in [6, 6.07) is 0. The second-order valence-corrected chi connectivity index (χ2v) is 5.76. The first kappa shape index (κ1) is 16.8. The van der Waals surface area contributed by atoms with Crippen LogP contribution in [0.3, 0.4) is 0 Å². The zero-order chi connectivity index (χ0) is 15.8. The Hall–Kier alpha value is -1.27. The van der Waals surface area contributed by atoms with E-state index in [9.17, 15) is 22.8 Å². The van der Waals surface area contributed by atoms with Crippen LogP contribution >= 0.6 is 0 Å². The Labute approximate surface area is 115 Å². The summed E-state index contributed by atoms with van der Waals surface area (Å²) in [5, 5.41) is 0. The van der Waals surface area contributed by atoms with Crippen molar-refractivity contribution >= 4 is 11.9 Å². The van der Waals surface area contributed by atoms with Gasteiger partial charge in [-0.2, -0.15) is 13.2 Å². The van der Waals surface area contributed by atoms with Crippen molar-refractivity contribution < 1.29 is 32.2 Å². The average Bonchev–Trinajstić information content (AvgIpc) is 2.73. The van der Waals surface area contributed by atoms with Crippen molar-refractivity contribution in [3.05, 3.63) is 0 Å². The van der Waals surface area contributed by atoms with Crippen molar-refractivity contribution in [2.75, 3.05) is 6.61 Å². The van der Waals surface area contributed by atoms with Gasteiger partial charge in [-0.15, -0.1) is 0 Å². The van der Waals surface area contributed by atoms with Crippen molar-refractivity contribution in [1.82, 2.24) is 0 Å². The molecule has 0 aromatic heterocycles. The Morgan fingerprint density at radius 2 is 1.90 bits per heavy atom. The van der Waals surface area contributed by atoms with Crippen molar-refractivity contribution in [1.29, 1.82) is 0 Å². The monoisotopic (exact) mass is 296 g/mol. The summed E-state index contributed by atoms with van der Waals surface area (Å²) >= 11 is 0. The standard InChI is InChI=1S/C13H19F3O4/c1-5-12(4,13(14,15)16)10(18)20-11(2,3)8-6-9(17)19-7-8/h8H,5-7H2,1-4H3. The molecule has 2 atom stereocenters. The van der Waals surface area contributed by atoms with Crippen LogP contribution in [0.25, 0.3) is 0 Å². The van der Waals surface area contributed by atoms with E-state index >= 15 is 0 Å². The van der Waals surface area contributed by atoms with E-state index in [1.165, 1.54) is 20.8 Å². The van der Waals surface area contributed by atoms with Crippen LogP contribution in [-0.2, 0) is 19.1 Å². The minimum Gasteiger partial charge on any atom is -0.465 e. The fourth-order valence-corrected chi connectivity index (χ4v) is 1.85. The van der Waals surface area contributed by atoms with E-state index in [-0.39, 0.29) is 13.0 Å². The largest absolute Gasteiger partial charge is 0.465 e. The van der Waals surface area contributed by atoms with E-state index in [4.69, 9.17) is 9.47 Å². The molecule has 1 aliphatic rings. The van der Waals surface area contributed by atoms with E-state index < -0.39 is 41.5 Å². The summed E-state index contributed by atoms with van der Waals surface area (Å²) < 4.78 is 48.8. The summed E-state index contributed by atoms with van der Waals surface area (Å²) in [5.74, 6) is -2.20. The van der Waals surface area contributed by atoms with E-state index in [1.807, 2.05) is 0 Å². The number of ether oxygens (including phenoxy) is 2. The Morgan fingerprint density at radius 1 is 1.35 bits per heavy atom. The topological polar surface area (TPSA) is 52.6 Å². The van der Waals surface area contributed by atoms with Crippen LogP contribution in [-0.4, -0.2) is 30.3 Å². The maximum absolute atomic E-state index is 13.0. The third-order valence-corrected chi connectivity index (χ3v) is 3.98. The molecule has 0 spiro atoms. The number of rotatable bonds is 4. The number of carbonyl (C=O) groups is 2. The van der Waals surface area contributed by atoms with Gasteiger partial charge in [0.1, 0.15) is 5.60 Å². The summed E-state index contributed by atoms with van der Waals surface area (Å²) in [4.78, 5) is 23.0. The molecule has 0 aromatic carbocycles. The van der Waals surface area contributed by atoms with Gasteiger partial charge in [-0.3, -0.25) is 9.59 Å². The van der Waals surface area contributed by atoms with Gasteiger partial charge in [0.2, 0.25) is 0 Å². The first-order chi connectivity index (χ1) is 8.94. The van der Waals surface area contributed by atoms with Crippen LogP contribution in [0.4, 0.5) is 13.2 Å². The lowest BCUT2D eigenvalue weighted by Gasteiger charge is -2.35.